The molecule has 0 atom stereocenters. The summed E-state index contributed by atoms with van der Waals surface area (Å²) in [7, 11) is 3.30. The predicted octanol–water partition coefficient (Wildman–Crippen LogP) is 5.44. The lowest BCUT2D eigenvalue weighted by molar-refractivity contribution is 0.389. The van der Waals surface area contributed by atoms with Gasteiger partial charge in [0.2, 0.25) is 0 Å². The van der Waals surface area contributed by atoms with Crippen LogP contribution in [0.4, 0.5) is 16.0 Å². The first kappa shape index (κ1) is 21.9. The van der Waals surface area contributed by atoms with E-state index in [9.17, 15) is 0 Å². The van der Waals surface area contributed by atoms with E-state index in [0.29, 0.717) is 56.2 Å². The van der Waals surface area contributed by atoms with Gasteiger partial charge < -0.3 is 19.6 Å². The summed E-state index contributed by atoms with van der Waals surface area (Å²) in [4.78, 5) is 12.4. The number of aromatic amines is 1. The van der Waals surface area contributed by atoms with Crippen LogP contribution in [0.3, 0.4) is 0 Å². The zero-order valence-corrected chi connectivity index (χ0v) is 20.2. The summed E-state index contributed by atoms with van der Waals surface area (Å²) < 4.78 is 28.7. The second kappa shape index (κ2) is 7.82. The number of aryl methyl sites for hydroxylation is 4. The van der Waals surface area contributed by atoms with Gasteiger partial charge in [-0.2, -0.15) is 5.10 Å². The van der Waals surface area contributed by atoms with E-state index in [1.54, 1.807) is 18.5 Å². The molecule has 0 saturated carbocycles. The number of rotatable bonds is 5. The molecule has 0 spiro atoms. The first-order valence-electron chi connectivity index (χ1n) is 11.0. The molecule has 2 N–H and O–H groups in total. The number of ether oxygens (including phenoxy) is 1. The van der Waals surface area contributed by atoms with E-state index in [-0.39, 0.29) is 11.7 Å². The molecule has 0 aliphatic rings. The minimum absolute atomic E-state index is 0.108. The van der Waals surface area contributed by atoms with Crippen LogP contribution in [0.2, 0.25) is 0 Å². The molecule has 0 aliphatic carbocycles. The van der Waals surface area contributed by atoms with Gasteiger partial charge in [-0.1, -0.05) is 19.0 Å². The van der Waals surface area contributed by atoms with Crippen LogP contribution in [-0.4, -0.2) is 37.0 Å². The Labute approximate surface area is 195 Å². The number of nitrogens with one attached hydrogen (secondary N) is 2. The van der Waals surface area contributed by atoms with Crippen LogP contribution in [-0.2, 0) is 7.05 Å². The molecule has 4 heterocycles. The Morgan fingerprint density at radius 1 is 1.15 bits per heavy atom. The van der Waals surface area contributed by atoms with Gasteiger partial charge in [-0.25, -0.2) is 14.4 Å². The molecule has 0 radical (unpaired) electrons. The fraction of sp³-hybridized carbons (Fsp3) is 0.333. The Kier molecular flexibility index (Phi) is 5.03. The highest BCUT2D eigenvalue weighted by Crippen LogP contribution is 2.43. The van der Waals surface area contributed by atoms with Gasteiger partial charge >= 0.3 is 0 Å². The molecule has 0 fully saturated rings. The van der Waals surface area contributed by atoms with Crippen LogP contribution in [0.1, 0.15) is 42.7 Å². The number of methoxy groups -OCH3 is 1. The summed E-state index contributed by atoms with van der Waals surface area (Å²) in [6.45, 7) is 9.56. The minimum atomic E-state index is -0.510. The van der Waals surface area contributed by atoms with E-state index in [1.165, 1.54) is 7.11 Å². The van der Waals surface area contributed by atoms with Crippen molar-refractivity contribution in [3.05, 3.63) is 40.9 Å². The monoisotopic (exact) mass is 463 g/mol. The largest absolute Gasteiger partial charge is 0.493 e. The van der Waals surface area contributed by atoms with Crippen LogP contribution in [0.5, 0.6) is 5.75 Å². The first-order chi connectivity index (χ1) is 16.2. The molecule has 9 nitrogen and oxygen atoms in total. The molecular formula is C24H26FN7O2. The summed E-state index contributed by atoms with van der Waals surface area (Å²) in [6, 6.07) is 3.81. The minimum Gasteiger partial charge on any atom is -0.493 e. The van der Waals surface area contributed by atoms with Gasteiger partial charge in [-0.3, -0.25) is 4.68 Å². The van der Waals surface area contributed by atoms with Crippen LogP contribution >= 0.6 is 0 Å². The quantitative estimate of drug-likeness (QED) is 0.357. The summed E-state index contributed by atoms with van der Waals surface area (Å²) in [5.41, 5.74) is 3.95. The SMILES string of the molecule is COc1c(-c2c(C)noc2C)cc2[nH]c3nc(C)nc(Nc4cc(C(C)C)nn4C)c3c2c1F. The van der Waals surface area contributed by atoms with E-state index in [2.05, 4.69) is 44.4 Å². The van der Waals surface area contributed by atoms with Gasteiger partial charge in [0, 0.05) is 18.7 Å². The van der Waals surface area contributed by atoms with Crippen molar-refractivity contribution >= 4 is 33.6 Å². The third-order valence-electron chi connectivity index (χ3n) is 5.99. The molecule has 176 valence electrons. The van der Waals surface area contributed by atoms with Crippen molar-refractivity contribution in [1.29, 1.82) is 0 Å². The fourth-order valence-corrected chi connectivity index (χ4v) is 4.36. The zero-order chi connectivity index (χ0) is 24.3. The van der Waals surface area contributed by atoms with Crippen LogP contribution < -0.4 is 10.1 Å². The van der Waals surface area contributed by atoms with Crippen molar-refractivity contribution in [1.82, 2.24) is 29.9 Å². The van der Waals surface area contributed by atoms with Gasteiger partial charge in [0.25, 0.3) is 0 Å². The molecule has 5 aromatic rings. The number of benzene rings is 1. The maximum absolute atomic E-state index is 16.1. The smallest absolute Gasteiger partial charge is 0.175 e. The topological polar surface area (TPSA) is 107 Å². The predicted molar refractivity (Wildman–Crippen MR) is 128 cm³/mol. The number of halogens is 1. The zero-order valence-electron chi connectivity index (χ0n) is 20.2. The molecule has 0 aliphatic heterocycles. The molecule has 34 heavy (non-hydrogen) atoms. The van der Waals surface area contributed by atoms with E-state index in [0.717, 1.165) is 11.5 Å². The highest BCUT2D eigenvalue weighted by Gasteiger charge is 2.25. The van der Waals surface area contributed by atoms with E-state index in [1.807, 2.05) is 26.1 Å². The van der Waals surface area contributed by atoms with Crippen molar-refractivity contribution in [2.45, 2.75) is 40.5 Å². The Hall–Kier alpha value is -3.95. The van der Waals surface area contributed by atoms with E-state index in [4.69, 9.17) is 9.26 Å². The van der Waals surface area contributed by atoms with Gasteiger partial charge in [0.15, 0.2) is 11.6 Å². The highest BCUT2D eigenvalue weighted by atomic mass is 19.1. The standard InChI is InChI=1S/C24H26FN7O2/c1-10(2)15-9-17(32(6)30-15)29-24-20-19-16(28-23(20)26-13(5)27-24)8-14(22(33-7)21(19)25)18-11(3)31-34-12(18)4/h8-10H,1-7H3,(H2,26,27,28,29). The number of aromatic nitrogens is 6. The average molecular weight is 464 g/mol. The molecule has 0 unspecified atom stereocenters. The summed E-state index contributed by atoms with van der Waals surface area (Å²) in [5, 5.41) is 12.8. The van der Waals surface area contributed by atoms with Crippen LogP contribution in [0.25, 0.3) is 33.1 Å². The Bertz CT molecular complexity index is 1540. The molecule has 10 heteroatoms. The summed E-state index contributed by atoms with van der Waals surface area (Å²) in [6.07, 6.45) is 0. The average Bonchev–Trinajstić information content (AvgIpc) is 3.43. The molecule has 4 aromatic heterocycles. The molecule has 0 saturated heterocycles. The van der Waals surface area contributed by atoms with E-state index >= 15 is 4.39 Å². The van der Waals surface area contributed by atoms with E-state index < -0.39 is 5.82 Å². The van der Waals surface area contributed by atoms with Gasteiger partial charge in [-0.05, 0) is 32.8 Å². The van der Waals surface area contributed by atoms with Crippen LogP contribution in [0, 0.1) is 26.6 Å². The van der Waals surface area contributed by atoms with Crippen molar-refractivity contribution in [2.24, 2.45) is 7.05 Å². The van der Waals surface area contributed by atoms with Crippen molar-refractivity contribution in [2.75, 3.05) is 12.4 Å². The number of hydrogen-bond donors (Lipinski definition) is 2. The lowest BCUT2D eigenvalue weighted by Gasteiger charge is -2.12. The first-order valence-corrected chi connectivity index (χ1v) is 11.0. The Morgan fingerprint density at radius 3 is 2.53 bits per heavy atom. The summed E-state index contributed by atoms with van der Waals surface area (Å²) in [5.74, 6) is 2.23. The van der Waals surface area contributed by atoms with Crippen molar-refractivity contribution in [3.8, 4) is 16.9 Å². The Morgan fingerprint density at radius 2 is 1.91 bits per heavy atom. The second-order valence-electron chi connectivity index (χ2n) is 8.72. The van der Waals surface area contributed by atoms with Gasteiger partial charge in [0.05, 0.1) is 40.4 Å². The molecular weight excluding hydrogens is 437 g/mol. The number of hydrogen-bond acceptors (Lipinski definition) is 7. The summed E-state index contributed by atoms with van der Waals surface area (Å²) >= 11 is 0. The number of H-pyrrole nitrogens is 1. The third kappa shape index (κ3) is 3.28. The maximum Gasteiger partial charge on any atom is 0.175 e. The number of fused-ring (bicyclic) bond motifs is 3. The van der Waals surface area contributed by atoms with Crippen molar-refractivity contribution < 1.29 is 13.7 Å². The van der Waals surface area contributed by atoms with Crippen LogP contribution in [0.15, 0.2) is 16.7 Å². The van der Waals surface area contributed by atoms with Crippen molar-refractivity contribution in [3.63, 3.8) is 0 Å². The maximum atomic E-state index is 16.1. The molecule has 5 rings (SSSR count). The lowest BCUT2D eigenvalue weighted by atomic mass is 10.00. The number of nitrogens with zero attached hydrogens (tertiary/aromatic N) is 5. The molecule has 0 bridgehead atoms. The normalized spacial score (nSPS) is 11.8. The fourth-order valence-electron chi connectivity index (χ4n) is 4.36. The number of anilines is 2. The van der Waals surface area contributed by atoms with Gasteiger partial charge in [-0.15, -0.1) is 0 Å². The highest BCUT2D eigenvalue weighted by molar-refractivity contribution is 6.13. The second-order valence-corrected chi connectivity index (χ2v) is 8.72. The third-order valence-corrected chi connectivity index (χ3v) is 5.99. The van der Waals surface area contributed by atoms with Gasteiger partial charge in [0.1, 0.15) is 28.9 Å². The Balaban J connectivity index is 1.78. The molecule has 0 amide bonds. The molecule has 1 aromatic carbocycles. The lowest BCUT2D eigenvalue weighted by Crippen LogP contribution is -2.03.